The molecule has 1 fully saturated rings. The largest absolute Gasteiger partial charge is 0.382 e. The summed E-state index contributed by atoms with van der Waals surface area (Å²) in [6, 6.07) is 7.84. The first-order valence-electron chi connectivity index (χ1n) is 6.67. The maximum atomic E-state index is 12.3. The smallest absolute Gasteiger partial charge is 0.327 e. The Bertz CT molecular complexity index is 617. The Balaban J connectivity index is 2.19. The van der Waals surface area contributed by atoms with Gasteiger partial charge in [0, 0.05) is 7.11 Å². The Hall–Kier alpha value is -1.59. The van der Waals surface area contributed by atoms with E-state index in [4.69, 9.17) is 4.74 Å². The third-order valence-corrected chi connectivity index (χ3v) is 4.01. The van der Waals surface area contributed by atoms with E-state index in [2.05, 4.69) is 10.3 Å². The van der Waals surface area contributed by atoms with Crippen molar-refractivity contribution in [1.29, 1.82) is 0 Å². The molecule has 1 aliphatic heterocycles. The van der Waals surface area contributed by atoms with Gasteiger partial charge in [0.2, 0.25) is 0 Å². The number of benzene rings is 1. The summed E-state index contributed by atoms with van der Waals surface area (Å²) in [6.45, 7) is 2.39. The van der Waals surface area contributed by atoms with Gasteiger partial charge in [-0.05, 0) is 38.1 Å². The molecule has 2 N–H and O–H groups in total. The molecule has 3 rings (SSSR count). The first kappa shape index (κ1) is 12.4. The SMILES string of the molecule is COCC1(n2c(=O)[nH]c3ccccc32)CCNCC1. The molecule has 102 valence electrons. The van der Waals surface area contributed by atoms with Crippen LogP contribution in [-0.2, 0) is 10.3 Å². The third kappa shape index (κ3) is 1.99. The number of imidazole rings is 1. The quantitative estimate of drug-likeness (QED) is 0.868. The highest BCUT2D eigenvalue weighted by Crippen LogP contribution is 2.29. The van der Waals surface area contributed by atoms with Crippen LogP contribution in [0.1, 0.15) is 12.8 Å². The zero-order chi connectivity index (χ0) is 13.3. The van der Waals surface area contributed by atoms with Crippen LogP contribution >= 0.6 is 0 Å². The minimum atomic E-state index is -0.239. The number of H-pyrrole nitrogens is 1. The number of fused-ring (bicyclic) bond motifs is 1. The van der Waals surface area contributed by atoms with Crippen LogP contribution in [0.4, 0.5) is 0 Å². The molecule has 1 saturated heterocycles. The molecule has 2 heterocycles. The fourth-order valence-electron chi connectivity index (χ4n) is 3.12. The molecule has 1 aliphatic rings. The van der Waals surface area contributed by atoms with E-state index < -0.39 is 0 Å². The number of aromatic amines is 1. The van der Waals surface area contributed by atoms with Crippen LogP contribution in [0.5, 0.6) is 0 Å². The highest BCUT2D eigenvalue weighted by molar-refractivity contribution is 5.75. The molecule has 0 unspecified atom stereocenters. The first-order chi connectivity index (χ1) is 9.27. The number of rotatable bonds is 3. The third-order valence-electron chi connectivity index (χ3n) is 4.01. The number of methoxy groups -OCH3 is 1. The predicted molar refractivity (Wildman–Crippen MR) is 74.5 cm³/mol. The van der Waals surface area contributed by atoms with E-state index >= 15 is 0 Å². The molecule has 0 radical (unpaired) electrons. The molecule has 19 heavy (non-hydrogen) atoms. The van der Waals surface area contributed by atoms with Gasteiger partial charge in [-0.25, -0.2) is 4.79 Å². The number of para-hydroxylation sites is 2. The van der Waals surface area contributed by atoms with Crippen LogP contribution in [0.2, 0.25) is 0 Å². The average molecular weight is 261 g/mol. The maximum Gasteiger partial charge on any atom is 0.327 e. The Morgan fingerprint density at radius 1 is 1.32 bits per heavy atom. The van der Waals surface area contributed by atoms with Crippen molar-refractivity contribution in [2.75, 3.05) is 26.8 Å². The van der Waals surface area contributed by atoms with Crippen LogP contribution in [0, 0.1) is 0 Å². The van der Waals surface area contributed by atoms with Gasteiger partial charge in [0.15, 0.2) is 0 Å². The van der Waals surface area contributed by atoms with Crippen molar-refractivity contribution in [2.45, 2.75) is 18.4 Å². The molecular formula is C14H19N3O2. The highest BCUT2D eigenvalue weighted by Gasteiger charge is 2.36. The van der Waals surface area contributed by atoms with Crippen molar-refractivity contribution in [3.8, 4) is 0 Å². The van der Waals surface area contributed by atoms with Crippen molar-refractivity contribution in [3.05, 3.63) is 34.7 Å². The monoisotopic (exact) mass is 261 g/mol. The summed E-state index contributed by atoms with van der Waals surface area (Å²) in [5.41, 5.74) is 1.57. The van der Waals surface area contributed by atoms with E-state index in [1.54, 1.807) is 7.11 Å². The van der Waals surface area contributed by atoms with Gasteiger partial charge in [0.05, 0.1) is 23.2 Å². The topological polar surface area (TPSA) is 59.0 Å². The standard InChI is InChI=1S/C14H19N3O2/c1-19-10-14(6-8-15-9-7-14)17-12-5-3-2-4-11(12)16-13(17)18/h2-5,15H,6-10H2,1H3,(H,16,18). The zero-order valence-electron chi connectivity index (χ0n) is 11.1. The van der Waals surface area contributed by atoms with Crippen LogP contribution < -0.4 is 11.0 Å². The van der Waals surface area contributed by atoms with Crippen LogP contribution in [0.3, 0.4) is 0 Å². The average Bonchev–Trinajstić information content (AvgIpc) is 2.76. The van der Waals surface area contributed by atoms with Gasteiger partial charge in [-0.1, -0.05) is 12.1 Å². The second kappa shape index (κ2) is 4.83. The Kier molecular flexibility index (Phi) is 3.16. The van der Waals surface area contributed by atoms with E-state index in [0.717, 1.165) is 37.0 Å². The van der Waals surface area contributed by atoms with Gasteiger partial charge >= 0.3 is 5.69 Å². The van der Waals surface area contributed by atoms with E-state index in [-0.39, 0.29) is 11.2 Å². The number of aromatic nitrogens is 2. The van der Waals surface area contributed by atoms with Gasteiger partial charge in [-0.2, -0.15) is 0 Å². The minimum Gasteiger partial charge on any atom is -0.382 e. The molecule has 5 nitrogen and oxygen atoms in total. The lowest BCUT2D eigenvalue weighted by atomic mass is 9.88. The van der Waals surface area contributed by atoms with Crippen LogP contribution in [0.15, 0.2) is 29.1 Å². The van der Waals surface area contributed by atoms with Gasteiger partial charge in [0.25, 0.3) is 0 Å². The minimum absolute atomic E-state index is 0.0415. The molecule has 5 heteroatoms. The van der Waals surface area contributed by atoms with Crippen LogP contribution in [-0.4, -0.2) is 36.4 Å². The molecule has 2 aromatic rings. The summed E-state index contributed by atoms with van der Waals surface area (Å²) in [7, 11) is 1.70. The van der Waals surface area contributed by atoms with E-state index in [1.807, 2.05) is 28.8 Å². The summed E-state index contributed by atoms with van der Waals surface area (Å²) < 4.78 is 7.31. The van der Waals surface area contributed by atoms with Crippen molar-refractivity contribution < 1.29 is 4.74 Å². The lowest BCUT2D eigenvalue weighted by molar-refractivity contribution is 0.0622. The molecule has 0 amide bonds. The molecule has 0 aliphatic carbocycles. The number of nitrogens with one attached hydrogen (secondary N) is 2. The molecule has 0 bridgehead atoms. The van der Waals surface area contributed by atoms with Gasteiger partial charge in [0.1, 0.15) is 0 Å². The zero-order valence-corrected chi connectivity index (χ0v) is 11.1. The molecule has 0 atom stereocenters. The van der Waals surface area contributed by atoms with Crippen molar-refractivity contribution >= 4 is 11.0 Å². The summed E-state index contributed by atoms with van der Waals surface area (Å²) in [5.74, 6) is 0. The molecule has 1 aromatic carbocycles. The van der Waals surface area contributed by atoms with Gasteiger partial charge < -0.3 is 15.0 Å². The predicted octanol–water partition coefficient (Wildman–Crippen LogP) is 1.05. The lowest BCUT2D eigenvalue weighted by Crippen LogP contribution is -2.50. The molecule has 0 saturated carbocycles. The number of ether oxygens (including phenoxy) is 1. The molecule has 0 spiro atoms. The maximum absolute atomic E-state index is 12.3. The number of hydrogen-bond acceptors (Lipinski definition) is 3. The number of hydrogen-bond donors (Lipinski definition) is 2. The second-order valence-electron chi connectivity index (χ2n) is 5.19. The second-order valence-corrected chi connectivity index (χ2v) is 5.19. The molecular weight excluding hydrogens is 242 g/mol. The lowest BCUT2D eigenvalue weighted by Gasteiger charge is -2.38. The van der Waals surface area contributed by atoms with Crippen molar-refractivity contribution in [3.63, 3.8) is 0 Å². The molecule has 1 aromatic heterocycles. The Morgan fingerprint density at radius 2 is 2.05 bits per heavy atom. The summed E-state index contributed by atoms with van der Waals surface area (Å²) >= 11 is 0. The number of nitrogens with zero attached hydrogens (tertiary/aromatic N) is 1. The van der Waals surface area contributed by atoms with E-state index in [1.165, 1.54) is 0 Å². The van der Waals surface area contributed by atoms with Crippen molar-refractivity contribution in [1.82, 2.24) is 14.9 Å². The Labute approximate surface area is 111 Å². The number of piperidine rings is 1. The Morgan fingerprint density at radius 3 is 2.79 bits per heavy atom. The fraction of sp³-hybridized carbons (Fsp3) is 0.500. The normalized spacial score (nSPS) is 18.8. The van der Waals surface area contributed by atoms with E-state index in [0.29, 0.717) is 6.61 Å². The van der Waals surface area contributed by atoms with Gasteiger partial charge in [-0.15, -0.1) is 0 Å². The van der Waals surface area contributed by atoms with Gasteiger partial charge in [-0.3, -0.25) is 4.57 Å². The van der Waals surface area contributed by atoms with Crippen LogP contribution in [0.25, 0.3) is 11.0 Å². The fourth-order valence-corrected chi connectivity index (χ4v) is 3.12. The summed E-state index contributed by atoms with van der Waals surface area (Å²) in [4.78, 5) is 15.3. The van der Waals surface area contributed by atoms with E-state index in [9.17, 15) is 4.79 Å². The highest BCUT2D eigenvalue weighted by atomic mass is 16.5. The first-order valence-corrected chi connectivity index (χ1v) is 6.67. The van der Waals surface area contributed by atoms with Crippen molar-refractivity contribution in [2.24, 2.45) is 0 Å². The summed E-state index contributed by atoms with van der Waals surface area (Å²) in [6.07, 6.45) is 1.81. The summed E-state index contributed by atoms with van der Waals surface area (Å²) in [5, 5.41) is 3.35.